The Labute approximate surface area is 196 Å². The second kappa shape index (κ2) is 9.50. The van der Waals surface area contributed by atoms with E-state index >= 15 is 0 Å². The lowest BCUT2D eigenvalue weighted by Gasteiger charge is -2.11. The Bertz CT molecular complexity index is 1450. The van der Waals surface area contributed by atoms with Gasteiger partial charge in [0.05, 0.1) is 11.8 Å². The van der Waals surface area contributed by atoms with Crippen molar-refractivity contribution in [3.63, 3.8) is 0 Å². The molecule has 1 amide bonds. The van der Waals surface area contributed by atoms with E-state index in [-0.39, 0.29) is 29.2 Å². The minimum atomic E-state index is -0.381. The van der Waals surface area contributed by atoms with Crippen molar-refractivity contribution >= 4 is 22.8 Å². The molecule has 0 saturated carbocycles. The average molecular weight is 464 g/mol. The highest BCUT2D eigenvalue weighted by molar-refractivity contribution is 5.92. The molecular formula is C24H29N7O3. The van der Waals surface area contributed by atoms with Crippen molar-refractivity contribution in [3.8, 4) is 11.4 Å². The molecule has 0 fully saturated rings. The fourth-order valence-electron chi connectivity index (χ4n) is 4.06. The van der Waals surface area contributed by atoms with Crippen molar-refractivity contribution in [1.82, 2.24) is 28.9 Å². The third kappa shape index (κ3) is 4.30. The Balaban J connectivity index is 1.64. The second-order valence-corrected chi connectivity index (χ2v) is 8.42. The molecule has 0 atom stereocenters. The first-order valence-electron chi connectivity index (χ1n) is 11.5. The van der Waals surface area contributed by atoms with E-state index in [9.17, 15) is 14.4 Å². The maximum absolute atomic E-state index is 12.9. The zero-order chi connectivity index (χ0) is 24.4. The summed E-state index contributed by atoms with van der Waals surface area (Å²) in [5.41, 5.74) is 3.29. The molecule has 3 aromatic heterocycles. The quantitative estimate of drug-likeness (QED) is 0.416. The summed E-state index contributed by atoms with van der Waals surface area (Å²) >= 11 is 0. The van der Waals surface area contributed by atoms with Crippen LogP contribution >= 0.6 is 0 Å². The number of fused-ring (bicyclic) bond motifs is 1. The number of para-hydroxylation sites is 1. The van der Waals surface area contributed by atoms with Gasteiger partial charge in [-0.3, -0.25) is 23.4 Å². The molecule has 2 N–H and O–H groups in total. The molecule has 0 saturated heterocycles. The average Bonchev–Trinajstić information content (AvgIpc) is 3.44. The Morgan fingerprint density at radius 3 is 2.41 bits per heavy atom. The van der Waals surface area contributed by atoms with Crippen molar-refractivity contribution in [3.05, 3.63) is 62.6 Å². The summed E-state index contributed by atoms with van der Waals surface area (Å²) in [6.45, 7) is 8.61. The van der Waals surface area contributed by atoms with E-state index in [1.165, 1.54) is 13.8 Å². The topological polar surface area (TPSA) is 120 Å². The van der Waals surface area contributed by atoms with Crippen LogP contribution in [-0.2, 0) is 24.4 Å². The maximum atomic E-state index is 12.9. The van der Waals surface area contributed by atoms with Gasteiger partial charge in [-0.1, -0.05) is 32.0 Å². The number of H-pyrrole nitrogens is 1. The first-order valence-corrected chi connectivity index (χ1v) is 11.5. The smallest absolute Gasteiger partial charge is 0.332 e. The van der Waals surface area contributed by atoms with Crippen LogP contribution < -0.4 is 16.6 Å². The van der Waals surface area contributed by atoms with E-state index in [1.54, 1.807) is 12.4 Å². The fraction of sp³-hybridized carbons (Fsp3) is 0.375. The van der Waals surface area contributed by atoms with Crippen LogP contribution in [0.2, 0.25) is 0 Å². The lowest BCUT2D eigenvalue weighted by Crippen LogP contribution is -2.40. The second-order valence-electron chi connectivity index (χ2n) is 8.42. The molecule has 0 aliphatic heterocycles. The molecule has 0 aliphatic rings. The number of aryl methyl sites for hydroxylation is 3. The molecule has 0 aliphatic carbocycles. The van der Waals surface area contributed by atoms with Gasteiger partial charge in [0.25, 0.3) is 5.56 Å². The van der Waals surface area contributed by atoms with Gasteiger partial charge in [0.2, 0.25) is 5.91 Å². The van der Waals surface area contributed by atoms with Crippen LogP contribution in [0.25, 0.3) is 22.6 Å². The van der Waals surface area contributed by atoms with Crippen molar-refractivity contribution in [2.75, 3.05) is 5.32 Å². The number of aromatic nitrogens is 6. The largest absolute Gasteiger partial charge is 0.332 e. The number of aromatic amines is 1. The first kappa shape index (κ1) is 23.2. The molecule has 0 bridgehead atoms. The lowest BCUT2D eigenvalue weighted by molar-refractivity contribution is -0.116. The van der Waals surface area contributed by atoms with Gasteiger partial charge in [0.15, 0.2) is 5.65 Å². The Morgan fingerprint density at radius 2 is 1.74 bits per heavy atom. The van der Waals surface area contributed by atoms with Crippen LogP contribution in [-0.4, -0.2) is 34.8 Å². The number of nitrogens with zero attached hydrogens (tertiary/aromatic N) is 5. The lowest BCUT2D eigenvalue weighted by atomic mass is 10.1. The number of carbonyl (C=O) groups excluding carboxylic acids is 1. The number of amides is 1. The van der Waals surface area contributed by atoms with Crippen LogP contribution in [0.3, 0.4) is 0 Å². The van der Waals surface area contributed by atoms with Gasteiger partial charge in [-0.15, -0.1) is 0 Å². The number of hydrogen-bond donors (Lipinski definition) is 2. The van der Waals surface area contributed by atoms with Gasteiger partial charge in [-0.05, 0) is 37.8 Å². The van der Waals surface area contributed by atoms with Crippen LogP contribution in [0, 0.1) is 13.8 Å². The summed E-state index contributed by atoms with van der Waals surface area (Å²) < 4.78 is 4.30. The number of hydrogen-bond acceptors (Lipinski definition) is 5. The molecule has 10 nitrogen and oxygen atoms in total. The van der Waals surface area contributed by atoms with Crippen molar-refractivity contribution in [2.24, 2.45) is 0 Å². The highest BCUT2D eigenvalue weighted by Crippen LogP contribution is 2.20. The summed E-state index contributed by atoms with van der Waals surface area (Å²) in [5.74, 6) is 0.225. The first-order chi connectivity index (χ1) is 16.3. The van der Waals surface area contributed by atoms with Crippen molar-refractivity contribution in [2.45, 2.75) is 60.2 Å². The van der Waals surface area contributed by atoms with Gasteiger partial charge >= 0.3 is 5.69 Å². The monoisotopic (exact) mass is 463 g/mol. The van der Waals surface area contributed by atoms with E-state index in [1.807, 2.05) is 45.9 Å². The Hall–Kier alpha value is -3.95. The molecular weight excluding hydrogens is 434 g/mol. The summed E-state index contributed by atoms with van der Waals surface area (Å²) in [7, 11) is 0. The summed E-state index contributed by atoms with van der Waals surface area (Å²) in [4.78, 5) is 46.0. The number of rotatable bonds is 8. The SMILES string of the molecule is CCCn1c(=O)c2[nH]c(-c3cnn(CC(=O)Nc4c(C)cccc4C)c3)nc2n(CCC)c1=O. The summed E-state index contributed by atoms with van der Waals surface area (Å²) in [6, 6.07) is 5.84. The molecule has 0 unspecified atom stereocenters. The number of benzene rings is 1. The molecule has 4 aromatic rings. The molecule has 4 rings (SSSR count). The van der Waals surface area contributed by atoms with Gasteiger partial charge in [0, 0.05) is 25.0 Å². The van der Waals surface area contributed by atoms with E-state index in [4.69, 9.17) is 0 Å². The fourth-order valence-corrected chi connectivity index (χ4v) is 4.06. The molecule has 34 heavy (non-hydrogen) atoms. The number of anilines is 1. The predicted molar refractivity (Wildman–Crippen MR) is 131 cm³/mol. The molecule has 0 spiro atoms. The predicted octanol–water partition coefficient (Wildman–Crippen LogP) is 2.83. The highest BCUT2D eigenvalue weighted by Gasteiger charge is 2.18. The normalized spacial score (nSPS) is 11.3. The maximum Gasteiger partial charge on any atom is 0.332 e. The molecule has 3 heterocycles. The number of nitrogens with one attached hydrogen (secondary N) is 2. The van der Waals surface area contributed by atoms with Gasteiger partial charge < -0.3 is 10.3 Å². The zero-order valence-electron chi connectivity index (χ0n) is 19.9. The van der Waals surface area contributed by atoms with E-state index in [2.05, 4.69) is 20.4 Å². The van der Waals surface area contributed by atoms with Gasteiger partial charge in [0.1, 0.15) is 17.9 Å². The van der Waals surface area contributed by atoms with E-state index in [0.717, 1.165) is 23.2 Å². The minimum Gasteiger partial charge on any atom is -0.332 e. The van der Waals surface area contributed by atoms with Crippen LogP contribution in [0.1, 0.15) is 37.8 Å². The number of imidazole rings is 1. The standard InChI is InChI=1S/C24H29N7O3/c1-5-10-30-22-20(23(33)31(11-6-2)24(30)34)27-21(28-22)17-12-25-29(13-17)14-18(32)26-19-15(3)8-7-9-16(19)4/h7-9,12-13H,5-6,10-11,14H2,1-4H3,(H,26,32)(H,27,28). The van der Waals surface area contributed by atoms with Crippen molar-refractivity contribution in [1.29, 1.82) is 0 Å². The van der Waals surface area contributed by atoms with Crippen LogP contribution in [0.5, 0.6) is 0 Å². The highest BCUT2D eigenvalue weighted by atomic mass is 16.2. The van der Waals surface area contributed by atoms with Crippen LogP contribution in [0.15, 0.2) is 40.2 Å². The van der Waals surface area contributed by atoms with Crippen LogP contribution in [0.4, 0.5) is 5.69 Å². The van der Waals surface area contributed by atoms with E-state index in [0.29, 0.717) is 36.5 Å². The third-order valence-corrected chi connectivity index (χ3v) is 5.71. The summed E-state index contributed by atoms with van der Waals surface area (Å²) in [5, 5.41) is 7.22. The minimum absolute atomic E-state index is 0.0256. The molecule has 0 radical (unpaired) electrons. The summed E-state index contributed by atoms with van der Waals surface area (Å²) in [6.07, 6.45) is 4.67. The molecule has 10 heteroatoms. The third-order valence-electron chi connectivity index (χ3n) is 5.71. The zero-order valence-corrected chi connectivity index (χ0v) is 19.9. The molecule has 1 aromatic carbocycles. The number of carbonyl (C=O) groups is 1. The van der Waals surface area contributed by atoms with Gasteiger partial charge in [-0.25, -0.2) is 9.78 Å². The van der Waals surface area contributed by atoms with Gasteiger partial charge in [-0.2, -0.15) is 5.10 Å². The van der Waals surface area contributed by atoms with Crippen molar-refractivity contribution < 1.29 is 4.79 Å². The van der Waals surface area contributed by atoms with E-state index < -0.39 is 0 Å². The Kier molecular flexibility index (Phi) is 6.49. The molecule has 178 valence electrons. The Morgan fingerprint density at radius 1 is 1.06 bits per heavy atom.